The van der Waals surface area contributed by atoms with Gasteiger partial charge in [-0.15, -0.1) is 0 Å². The molecule has 5 heteroatoms. The summed E-state index contributed by atoms with van der Waals surface area (Å²) in [6, 6.07) is 8.28. The summed E-state index contributed by atoms with van der Waals surface area (Å²) in [4.78, 5) is 22.4. The Kier molecular flexibility index (Phi) is 5.30. The third-order valence-corrected chi connectivity index (χ3v) is 2.22. The second-order valence-electron chi connectivity index (χ2n) is 3.56. The van der Waals surface area contributed by atoms with Gasteiger partial charge in [0, 0.05) is 6.42 Å². The van der Waals surface area contributed by atoms with Crippen molar-refractivity contribution in [1.29, 1.82) is 5.26 Å². The Morgan fingerprint density at radius 2 is 2.16 bits per heavy atom. The molecule has 0 saturated carbocycles. The number of methoxy groups -OCH3 is 1. The molecule has 0 aliphatic rings. The summed E-state index contributed by atoms with van der Waals surface area (Å²) in [7, 11) is 1.20. The van der Waals surface area contributed by atoms with Gasteiger partial charge in [-0.1, -0.05) is 19.1 Å². The number of carbonyl (C=O) groups is 2. The summed E-state index contributed by atoms with van der Waals surface area (Å²) in [5, 5.41) is 8.84. The van der Waals surface area contributed by atoms with E-state index in [1.807, 2.05) is 0 Å². The van der Waals surface area contributed by atoms with Crippen LogP contribution in [0.25, 0.3) is 6.08 Å². The van der Waals surface area contributed by atoms with Gasteiger partial charge in [0.15, 0.2) is 0 Å². The van der Waals surface area contributed by atoms with Crippen molar-refractivity contribution in [2.24, 2.45) is 0 Å². The van der Waals surface area contributed by atoms with Gasteiger partial charge in [0.1, 0.15) is 17.4 Å². The highest BCUT2D eigenvalue weighted by atomic mass is 16.5. The number of carbonyl (C=O) groups excluding carboxylic acids is 2. The first kappa shape index (κ1) is 14.5. The zero-order valence-corrected chi connectivity index (χ0v) is 10.7. The molecule has 19 heavy (non-hydrogen) atoms. The number of hydrogen-bond donors (Lipinski definition) is 0. The van der Waals surface area contributed by atoms with Crippen molar-refractivity contribution in [1.82, 2.24) is 0 Å². The van der Waals surface area contributed by atoms with E-state index in [9.17, 15) is 9.59 Å². The fraction of sp³-hybridized carbons (Fsp3) is 0.214. The summed E-state index contributed by atoms with van der Waals surface area (Å²) >= 11 is 0. The van der Waals surface area contributed by atoms with Crippen molar-refractivity contribution in [2.75, 3.05) is 7.11 Å². The molecule has 5 nitrogen and oxygen atoms in total. The Morgan fingerprint density at radius 1 is 1.42 bits per heavy atom. The molecule has 0 N–H and O–H groups in total. The van der Waals surface area contributed by atoms with Gasteiger partial charge in [-0.05, 0) is 23.8 Å². The summed E-state index contributed by atoms with van der Waals surface area (Å²) in [5.74, 6) is -0.698. The zero-order chi connectivity index (χ0) is 14.3. The van der Waals surface area contributed by atoms with Crippen LogP contribution in [0.3, 0.4) is 0 Å². The Balaban J connectivity index is 2.99. The first-order chi connectivity index (χ1) is 9.10. The maximum Gasteiger partial charge on any atom is 0.348 e. The molecule has 1 rings (SSSR count). The lowest BCUT2D eigenvalue weighted by molar-refractivity contribution is -0.135. The lowest BCUT2D eigenvalue weighted by atomic mass is 10.1. The highest BCUT2D eigenvalue weighted by Gasteiger charge is 2.09. The third-order valence-electron chi connectivity index (χ3n) is 2.22. The van der Waals surface area contributed by atoms with E-state index in [4.69, 9.17) is 10.00 Å². The maximum atomic E-state index is 11.3. The minimum Gasteiger partial charge on any atom is -0.465 e. The van der Waals surface area contributed by atoms with E-state index >= 15 is 0 Å². The van der Waals surface area contributed by atoms with Gasteiger partial charge in [-0.2, -0.15) is 5.26 Å². The molecule has 0 aliphatic carbocycles. The van der Waals surface area contributed by atoms with Crippen LogP contribution in [-0.2, 0) is 14.3 Å². The van der Waals surface area contributed by atoms with Crippen LogP contribution in [0, 0.1) is 11.3 Å². The van der Waals surface area contributed by atoms with Gasteiger partial charge in [0.05, 0.1) is 7.11 Å². The molecule has 0 aromatic heterocycles. The van der Waals surface area contributed by atoms with E-state index in [0.29, 0.717) is 11.3 Å². The SMILES string of the molecule is CCC(=O)Oc1cccc(C=C(C#N)C(=O)OC)c1. The number of nitrogens with zero attached hydrogens (tertiary/aromatic N) is 1. The summed E-state index contributed by atoms with van der Waals surface area (Å²) < 4.78 is 9.51. The van der Waals surface area contributed by atoms with E-state index in [2.05, 4.69) is 4.74 Å². The van der Waals surface area contributed by atoms with E-state index in [-0.39, 0.29) is 18.0 Å². The highest BCUT2D eigenvalue weighted by Crippen LogP contribution is 2.16. The molecule has 0 unspecified atom stereocenters. The smallest absolute Gasteiger partial charge is 0.348 e. The number of hydrogen-bond acceptors (Lipinski definition) is 5. The molecule has 1 aromatic carbocycles. The van der Waals surface area contributed by atoms with Crippen molar-refractivity contribution in [3.05, 3.63) is 35.4 Å². The quantitative estimate of drug-likeness (QED) is 0.358. The van der Waals surface area contributed by atoms with Crippen molar-refractivity contribution >= 4 is 18.0 Å². The van der Waals surface area contributed by atoms with Crippen molar-refractivity contribution in [2.45, 2.75) is 13.3 Å². The molecule has 0 aliphatic heterocycles. The molecule has 0 spiro atoms. The normalized spacial score (nSPS) is 10.5. The monoisotopic (exact) mass is 259 g/mol. The molecule has 0 radical (unpaired) electrons. The van der Waals surface area contributed by atoms with Gasteiger partial charge >= 0.3 is 11.9 Å². The van der Waals surface area contributed by atoms with Crippen LogP contribution in [0.1, 0.15) is 18.9 Å². The fourth-order valence-corrected chi connectivity index (χ4v) is 1.28. The molecule has 0 fully saturated rings. The van der Waals surface area contributed by atoms with Crippen LogP contribution in [-0.4, -0.2) is 19.0 Å². The molecular formula is C14H13NO4. The molecule has 0 bridgehead atoms. The maximum absolute atomic E-state index is 11.3. The van der Waals surface area contributed by atoms with Gasteiger partial charge in [-0.3, -0.25) is 4.79 Å². The highest BCUT2D eigenvalue weighted by molar-refractivity contribution is 5.97. The van der Waals surface area contributed by atoms with Crippen LogP contribution >= 0.6 is 0 Å². The minimum atomic E-state index is -0.710. The Hall–Kier alpha value is -2.61. The lowest BCUT2D eigenvalue weighted by Gasteiger charge is -2.03. The van der Waals surface area contributed by atoms with Crippen LogP contribution in [0.4, 0.5) is 0 Å². The second kappa shape index (κ2) is 6.97. The van der Waals surface area contributed by atoms with Crippen LogP contribution in [0.5, 0.6) is 5.75 Å². The van der Waals surface area contributed by atoms with Gasteiger partial charge in [-0.25, -0.2) is 4.79 Å². The Bertz CT molecular complexity index is 555. The molecule has 0 heterocycles. The molecule has 0 saturated heterocycles. The standard InChI is InChI=1S/C14H13NO4/c1-3-13(16)19-12-6-4-5-10(8-12)7-11(9-15)14(17)18-2/h4-8H,3H2,1-2H3. The largest absolute Gasteiger partial charge is 0.465 e. The lowest BCUT2D eigenvalue weighted by Crippen LogP contribution is -2.05. The predicted octanol–water partition coefficient (Wildman–Crippen LogP) is 2.08. The van der Waals surface area contributed by atoms with Crippen molar-refractivity contribution in [3.8, 4) is 11.8 Å². The third kappa shape index (κ3) is 4.28. The van der Waals surface area contributed by atoms with E-state index in [0.717, 1.165) is 0 Å². The minimum absolute atomic E-state index is 0.124. The first-order valence-electron chi connectivity index (χ1n) is 5.61. The summed E-state index contributed by atoms with van der Waals surface area (Å²) in [5.41, 5.74) is 0.449. The molecule has 1 aromatic rings. The topological polar surface area (TPSA) is 76.4 Å². The molecule has 98 valence electrons. The van der Waals surface area contributed by atoms with Crippen molar-refractivity contribution < 1.29 is 19.1 Å². The van der Waals surface area contributed by atoms with Gasteiger partial charge < -0.3 is 9.47 Å². The van der Waals surface area contributed by atoms with E-state index in [1.54, 1.807) is 37.3 Å². The van der Waals surface area contributed by atoms with Gasteiger partial charge in [0.25, 0.3) is 0 Å². The molecular weight excluding hydrogens is 246 g/mol. The number of ether oxygens (including phenoxy) is 2. The van der Waals surface area contributed by atoms with Crippen molar-refractivity contribution in [3.63, 3.8) is 0 Å². The summed E-state index contributed by atoms with van der Waals surface area (Å²) in [6.07, 6.45) is 1.64. The van der Waals surface area contributed by atoms with E-state index < -0.39 is 5.97 Å². The van der Waals surface area contributed by atoms with Gasteiger partial charge in [0.2, 0.25) is 0 Å². The molecule has 0 amide bonds. The number of nitriles is 1. The first-order valence-corrected chi connectivity index (χ1v) is 5.61. The second-order valence-corrected chi connectivity index (χ2v) is 3.56. The Labute approximate surface area is 111 Å². The number of esters is 2. The van der Waals surface area contributed by atoms with Crippen LogP contribution in [0.2, 0.25) is 0 Å². The van der Waals surface area contributed by atoms with E-state index in [1.165, 1.54) is 13.2 Å². The number of benzene rings is 1. The average Bonchev–Trinajstić information content (AvgIpc) is 2.44. The predicted molar refractivity (Wildman–Crippen MR) is 68.0 cm³/mol. The van der Waals surface area contributed by atoms with Crippen LogP contribution < -0.4 is 4.74 Å². The summed E-state index contributed by atoms with van der Waals surface area (Å²) in [6.45, 7) is 1.69. The Morgan fingerprint density at radius 3 is 2.74 bits per heavy atom. The molecule has 0 atom stereocenters. The fourth-order valence-electron chi connectivity index (χ4n) is 1.28. The zero-order valence-electron chi connectivity index (χ0n) is 10.7. The average molecular weight is 259 g/mol. The number of rotatable bonds is 4. The van der Waals surface area contributed by atoms with Crippen LogP contribution in [0.15, 0.2) is 29.8 Å².